The summed E-state index contributed by atoms with van der Waals surface area (Å²) in [5.41, 5.74) is 31.3. The Morgan fingerprint density at radius 3 is 1.47 bits per heavy atom. The first kappa shape index (κ1) is 62.4. The number of unbranched alkanes of at least 4 members (excludes halogenated alkanes) is 2. The molecule has 27 heteroatoms. The topological polar surface area (TPSA) is 393 Å². The van der Waals surface area contributed by atoms with Crippen LogP contribution in [0.5, 0.6) is 11.5 Å². The number of hydrogen-bond acceptors (Lipinski definition) is 19. The van der Waals surface area contributed by atoms with Gasteiger partial charge in [-0.15, -0.1) is 0 Å². The smallest absolute Gasteiger partial charge is 0.280 e. The molecule has 16 N–H and O–H groups in total. The molecule has 2 unspecified atom stereocenters. The average molecular weight is 1120 g/mol. The fourth-order valence-electron chi connectivity index (χ4n) is 6.58. The monoisotopic (exact) mass is 1110 g/mol. The lowest BCUT2D eigenvalue weighted by Crippen LogP contribution is -2.50. The zero-order chi connectivity index (χ0) is 55.8. The lowest BCUT2D eigenvalue weighted by atomic mass is 10.1. The summed E-state index contributed by atoms with van der Waals surface area (Å²) < 4.78 is 33.4. The van der Waals surface area contributed by atoms with Crippen LogP contribution >= 0.6 is 23.2 Å². The van der Waals surface area contributed by atoms with Crippen molar-refractivity contribution in [3.63, 3.8) is 0 Å². The molecule has 0 radical (unpaired) electrons. The maximum Gasteiger partial charge on any atom is 0.280 e. The number of nitrogens with two attached hydrogens (primary N) is 5. The summed E-state index contributed by atoms with van der Waals surface area (Å²) in [5.74, 6) is -1.92. The van der Waals surface area contributed by atoms with Crippen molar-refractivity contribution in [1.29, 1.82) is 0 Å². The molecule has 0 fully saturated rings. The minimum atomic E-state index is -1.99. The molecular formula is C50H69Cl2N13O12. The number of nitrogen functional groups attached to an aromatic ring is 3. The molecule has 4 amide bonds. The first-order chi connectivity index (χ1) is 37.1. The minimum absolute atomic E-state index is 0.0300. The number of anilines is 3. The number of rotatable bonds is 35. The Balaban J connectivity index is 0.900. The lowest BCUT2D eigenvalue weighted by Gasteiger charge is -2.17. The average Bonchev–Trinajstić information content (AvgIpc) is 3.41. The first-order valence-corrected chi connectivity index (χ1v) is 25.4. The fourth-order valence-corrected chi connectivity index (χ4v) is 6.88. The van der Waals surface area contributed by atoms with Gasteiger partial charge in [0.25, 0.3) is 23.6 Å². The lowest BCUT2D eigenvalue weighted by molar-refractivity contribution is -0.146. The van der Waals surface area contributed by atoms with Crippen molar-refractivity contribution in [2.45, 2.75) is 50.7 Å². The number of amides is 4. The molecule has 1 heterocycles. The molecule has 4 aromatic rings. The number of aromatic nitrogens is 2. The number of aliphatic hydroxyl groups is 2. The van der Waals surface area contributed by atoms with Crippen LogP contribution in [-0.2, 0) is 41.4 Å². The summed E-state index contributed by atoms with van der Waals surface area (Å²) in [7, 11) is 0. The van der Waals surface area contributed by atoms with Gasteiger partial charge in [-0.1, -0.05) is 47.5 Å². The van der Waals surface area contributed by atoms with Crippen LogP contribution in [0, 0.1) is 0 Å². The Labute approximate surface area is 455 Å². The number of benzene rings is 3. The van der Waals surface area contributed by atoms with Gasteiger partial charge >= 0.3 is 0 Å². The predicted octanol–water partition coefficient (Wildman–Crippen LogP) is 1.14. The number of carbonyl (C=O) groups excluding carboxylic acids is 4. The molecule has 1 aromatic heterocycles. The third-order valence-corrected chi connectivity index (χ3v) is 11.3. The molecule has 2 atom stereocenters. The number of nitrogens with zero attached hydrogens (tertiary/aromatic N) is 4. The summed E-state index contributed by atoms with van der Waals surface area (Å²) in [6.07, 6.45) is 0.869. The largest absolute Gasteiger partial charge is 0.491 e. The Hall–Kier alpha value is -7.10. The molecule has 0 aliphatic carbocycles. The molecule has 0 saturated heterocycles. The van der Waals surface area contributed by atoms with Crippen LogP contribution in [0.1, 0.15) is 57.7 Å². The summed E-state index contributed by atoms with van der Waals surface area (Å²) in [4.78, 5) is 65.1. The fraction of sp³-hybridized carbons (Fsp3) is 0.440. The third-order valence-electron chi connectivity index (χ3n) is 10.7. The normalized spacial score (nSPS) is 12.4. The van der Waals surface area contributed by atoms with E-state index in [2.05, 4.69) is 41.2 Å². The molecule has 0 bridgehead atoms. The number of carbonyl (C=O) groups is 4. The molecule has 0 saturated carbocycles. The van der Waals surface area contributed by atoms with Gasteiger partial charge in [0, 0.05) is 31.7 Å². The van der Waals surface area contributed by atoms with Crippen molar-refractivity contribution in [2.75, 3.05) is 109 Å². The van der Waals surface area contributed by atoms with Crippen LogP contribution in [0.2, 0.25) is 10.2 Å². The second-order valence-corrected chi connectivity index (χ2v) is 17.4. The van der Waals surface area contributed by atoms with E-state index in [1.54, 1.807) is 12.1 Å². The number of hydrogen-bond donors (Lipinski definition) is 11. The second kappa shape index (κ2) is 35.3. The molecule has 77 heavy (non-hydrogen) atoms. The molecule has 25 nitrogen and oxygen atoms in total. The van der Waals surface area contributed by atoms with Crippen molar-refractivity contribution >= 4 is 76.1 Å². The summed E-state index contributed by atoms with van der Waals surface area (Å²) in [5, 5.41) is 30.2. The molecule has 3 aromatic carbocycles. The van der Waals surface area contributed by atoms with Crippen LogP contribution < -0.4 is 59.4 Å². The van der Waals surface area contributed by atoms with E-state index in [0.29, 0.717) is 62.3 Å². The van der Waals surface area contributed by atoms with Gasteiger partial charge in [-0.25, -0.2) is 9.97 Å². The maximum atomic E-state index is 12.3. The highest BCUT2D eigenvalue weighted by Crippen LogP contribution is 2.20. The Morgan fingerprint density at radius 1 is 0.558 bits per heavy atom. The molecule has 0 spiro atoms. The highest BCUT2D eigenvalue weighted by molar-refractivity contribution is 6.33. The van der Waals surface area contributed by atoms with Crippen molar-refractivity contribution in [1.82, 2.24) is 31.2 Å². The summed E-state index contributed by atoms with van der Waals surface area (Å²) in [6, 6.07) is 20.0. The van der Waals surface area contributed by atoms with Crippen LogP contribution in [0.3, 0.4) is 0 Å². The van der Waals surface area contributed by atoms with E-state index in [4.69, 9.17) is 80.3 Å². The number of aryl methyl sites for hydroxylation is 2. The van der Waals surface area contributed by atoms with Gasteiger partial charge < -0.3 is 77.9 Å². The quantitative estimate of drug-likeness (QED) is 0.0133. The molecule has 4 rings (SSSR count). The van der Waals surface area contributed by atoms with Crippen molar-refractivity contribution in [3.05, 3.63) is 99.3 Å². The van der Waals surface area contributed by atoms with E-state index in [1.807, 2.05) is 48.5 Å². The standard InChI is InChI=1S/C50H69Cl2N13O12/c51-37-31-34(11-16-38(37)53)45(68)64-49(56)60-17-3-1-5-32-7-12-35(13-8-32)76-29-27-74-25-23-72-21-19-58-47(70)40(66)41(67)48(71)59-20-22-73-24-26-75-28-30-77-36-14-9-33(10-15-36)6-2-4-18-61-50(57)65-46(69)39-43(54)63-44(55)42(52)62-39/h7-16,31,40-41,66-67H,1-6,17-30,53H2,(H,58,70)(H,59,71)(H4,54,55,63)(H3,56,60,64,68)(H3,57,61,65,69). The number of ether oxygens (including phenoxy) is 6. The summed E-state index contributed by atoms with van der Waals surface area (Å²) >= 11 is 11.8. The van der Waals surface area contributed by atoms with Crippen molar-refractivity contribution in [2.24, 2.45) is 21.5 Å². The van der Waals surface area contributed by atoms with Crippen molar-refractivity contribution < 1.29 is 57.8 Å². The van der Waals surface area contributed by atoms with E-state index < -0.39 is 35.8 Å². The zero-order valence-electron chi connectivity index (χ0n) is 42.6. The van der Waals surface area contributed by atoms with Gasteiger partial charge in [0.05, 0.1) is 63.6 Å². The molecular weight excluding hydrogens is 1050 g/mol. The highest BCUT2D eigenvalue weighted by atomic mass is 35.5. The number of guanidine groups is 2. The third kappa shape index (κ3) is 24.6. The zero-order valence-corrected chi connectivity index (χ0v) is 44.1. The van der Waals surface area contributed by atoms with Crippen LogP contribution in [0.15, 0.2) is 76.7 Å². The first-order valence-electron chi connectivity index (χ1n) is 24.6. The van der Waals surface area contributed by atoms with Gasteiger partial charge in [-0.2, -0.15) is 0 Å². The van der Waals surface area contributed by atoms with Gasteiger partial charge in [-0.05, 0) is 92.1 Å². The highest BCUT2D eigenvalue weighted by Gasteiger charge is 2.30. The van der Waals surface area contributed by atoms with Crippen LogP contribution in [0.4, 0.5) is 17.3 Å². The molecule has 420 valence electrons. The molecule has 0 aliphatic rings. The van der Waals surface area contributed by atoms with E-state index >= 15 is 0 Å². The predicted molar refractivity (Wildman–Crippen MR) is 291 cm³/mol. The van der Waals surface area contributed by atoms with Crippen LogP contribution in [0.25, 0.3) is 0 Å². The Morgan fingerprint density at radius 2 is 1.00 bits per heavy atom. The second-order valence-electron chi connectivity index (χ2n) is 16.6. The maximum absolute atomic E-state index is 12.3. The van der Waals surface area contributed by atoms with E-state index in [0.717, 1.165) is 49.7 Å². The van der Waals surface area contributed by atoms with Gasteiger partial charge in [0.2, 0.25) is 0 Å². The van der Waals surface area contributed by atoms with Gasteiger partial charge in [0.1, 0.15) is 24.7 Å². The summed E-state index contributed by atoms with van der Waals surface area (Å²) in [6.45, 7) is 3.47. The van der Waals surface area contributed by atoms with Crippen molar-refractivity contribution in [3.8, 4) is 11.5 Å². The van der Waals surface area contributed by atoms with Crippen LogP contribution in [-0.4, -0.2) is 160 Å². The van der Waals surface area contributed by atoms with Gasteiger partial charge in [0.15, 0.2) is 46.6 Å². The van der Waals surface area contributed by atoms with E-state index in [-0.39, 0.29) is 92.2 Å². The SMILES string of the molecule is NC(=NCCCCc1ccc(OCCOCCOCCNC(=O)C(O)C(O)C(=O)NCCOCCOCCOc2ccc(CCCCN=C(N)NC(=O)c3nc(Cl)c(N)nc3N)cc2)cc1)NC(=O)c1ccc(N)c(Cl)c1. The van der Waals surface area contributed by atoms with E-state index in [9.17, 15) is 29.4 Å². The van der Waals surface area contributed by atoms with Gasteiger partial charge in [-0.3, -0.25) is 39.8 Å². The number of nitrogens with one attached hydrogen (secondary N) is 4. The molecule has 0 aliphatic heterocycles. The number of halogens is 2. The van der Waals surface area contributed by atoms with E-state index in [1.165, 1.54) is 6.07 Å². The Bertz CT molecular complexity index is 2530. The minimum Gasteiger partial charge on any atom is -0.491 e. The number of aliphatic imine (C=N–C) groups is 2. The Kier molecular flexibility index (Phi) is 28.6. The number of aliphatic hydroxyl groups excluding tert-OH is 2.